The average molecular weight is 422 g/mol. The van der Waals surface area contributed by atoms with Crippen LogP contribution in [0.2, 0.25) is 18.1 Å². The van der Waals surface area contributed by atoms with Crippen molar-refractivity contribution in [3.63, 3.8) is 0 Å². The van der Waals surface area contributed by atoms with E-state index >= 15 is 0 Å². The Balaban J connectivity index is 2.45. The second-order valence-corrected chi connectivity index (χ2v) is 15.7. The fourth-order valence-electron chi connectivity index (χ4n) is 4.77. The fraction of sp³-hybridized carbons (Fsp3) is 0.652. The zero-order chi connectivity index (χ0) is 20.9. The summed E-state index contributed by atoms with van der Waals surface area (Å²) in [4.78, 5) is 0.423. The number of unbranched alkanes of at least 4 members (excludes halogenated alkanes) is 1. The van der Waals surface area contributed by atoms with Crippen LogP contribution in [0.1, 0.15) is 59.4 Å². The van der Waals surface area contributed by atoms with Gasteiger partial charge in [-0.05, 0) is 31.4 Å². The topological polar surface area (TPSA) is 37.4 Å². The SMILES string of the molecule is CCCC/C(=C1/CN(S(=O)(=O)c2ccc(C)cc2)CC1C)[Si](CC)(CC)CC. The lowest BCUT2D eigenvalue weighted by Crippen LogP contribution is -2.36. The largest absolute Gasteiger partial charge is 0.243 e. The van der Waals surface area contributed by atoms with E-state index in [9.17, 15) is 8.42 Å². The molecule has 0 N–H and O–H groups in total. The predicted molar refractivity (Wildman–Crippen MR) is 123 cm³/mol. The second kappa shape index (κ2) is 9.73. The van der Waals surface area contributed by atoms with Crippen LogP contribution in [0.15, 0.2) is 39.9 Å². The first-order valence-corrected chi connectivity index (χ1v) is 15.1. The molecule has 3 nitrogen and oxygen atoms in total. The third kappa shape index (κ3) is 4.63. The van der Waals surface area contributed by atoms with Crippen molar-refractivity contribution in [1.29, 1.82) is 0 Å². The molecule has 0 saturated carbocycles. The minimum absolute atomic E-state index is 0.323. The molecule has 5 heteroatoms. The number of hydrogen-bond donors (Lipinski definition) is 0. The summed E-state index contributed by atoms with van der Waals surface area (Å²) in [5.74, 6) is 0.323. The maximum Gasteiger partial charge on any atom is 0.243 e. The third-order valence-corrected chi connectivity index (χ3v) is 14.7. The summed E-state index contributed by atoms with van der Waals surface area (Å²) in [7, 11) is -4.93. The van der Waals surface area contributed by atoms with Gasteiger partial charge in [-0.25, -0.2) is 8.42 Å². The molecule has 1 aliphatic heterocycles. The molecular formula is C23H39NO2SSi. The molecule has 0 bridgehead atoms. The Morgan fingerprint density at radius 3 is 2.14 bits per heavy atom. The molecular weight excluding hydrogens is 382 g/mol. The van der Waals surface area contributed by atoms with Crippen molar-refractivity contribution in [1.82, 2.24) is 4.31 Å². The van der Waals surface area contributed by atoms with E-state index in [0.29, 0.717) is 23.9 Å². The predicted octanol–water partition coefficient (Wildman–Crippen LogP) is 6.17. The normalized spacial score (nSPS) is 20.6. The van der Waals surface area contributed by atoms with Crippen LogP contribution < -0.4 is 0 Å². The highest BCUT2D eigenvalue weighted by atomic mass is 32.2. The van der Waals surface area contributed by atoms with E-state index in [2.05, 4.69) is 34.6 Å². The van der Waals surface area contributed by atoms with E-state index in [1.165, 1.54) is 36.5 Å². The summed E-state index contributed by atoms with van der Waals surface area (Å²) in [6, 6.07) is 11.1. The molecule has 1 saturated heterocycles. The third-order valence-electron chi connectivity index (χ3n) is 6.92. The summed E-state index contributed by atoms with van der Waals surface area (Å²) in [6.07, 6.45) is 3.57. The maximum atomic E-state index is 13.2. The Hall–Kier alpha value is -0.913. The molecule has 0 radical (unpaired) electrons. The molecule has 0 spiro atoms. The van der Waals surface area contributed by atoms with Crippen LogP contribution in [0, 0.1) is 12.8 Å². The van der Waals surface area contributed by atoms with Crippen molar-refractivity contribution >= 4 is 18.1 Å². The molecule has 158 valence electrons. The lowest BCUT2D eigenvalue weighted by atomic mass is 10.0. The first-order chi connectivity index (χ1) is 13.3. The minimum atomic E-state index is -3.43. The monoisotopic (exact) mass is 421 g/mol. The van der Waals surface area contributed by atoms with Crippen LogP contribution in [0.3, 0.4) is 0 Å². The van der Waals surface area contributed by atoms with Gasteiger partial charge in [0.15, 0.2) is 0 Å². The average Bonchev–Trinajstić information content (AvgIpc) is 3.08. The molecule has 1 unspecified atom stereocenters. The van der Waals surface area contributed by atoms with Gasteiger partial charge in [0.05, 0.1) is 13.0 Å². The Bertz CT molecular complexity index is 771. The van der Waals surface area contributed by atoms with Gasteiger partial charge in [0, 0.05) is 13.1 Å². The number of nitrogens with zero attached hydrogens (tertiary/aromatic N) is 1. The van der Waals surface area contributed by atoms with Gasteiger partial charge in [0.1, 0.15) is 0 Å². The summed E-state index contributed by atoms with van der Waals surface area (Å²) >= 11 is 0. The van der Waals surface area contributed by atoms with E-state index in [1.54, 1.807) is 21.6 Å². The van der Waals surface area contributed by atoms with E-state index < -0.39 is 18.1 Å². The Kier molecular flexibility index (Phi) is 8.12. The van der Waals surface area contributed by atoms with Crippen LogP contribution in [0.5, 0.6) is 0 Å². The molecule has 1 aromatic carbocycles. The van der Waals surface area contributed by atoms with Crippen molar-refractivity contribution in [2.24, 2.45) is 5.92 Å². The molecule has 1 aliphatic rings. The molecule has 1 fully saturated rings. The zero-order valence-corrected chi connectivity index (χ0v) is 20.5. The number of aryl methyl sites for hydroxylation is 1. The van der Waals surface area contributed by atoms with E-state index in [4.69, 9.17) is 0 Å². The number of hydrogen-bond acceptors (Lipinski definition) is 2. The van der Waals surface area contributed by atoms with Crippen LogP contribution in [0.4, 0.5) is 0 Å². The molecule has 0 amide bonds. The first-order valence-electron chi connectivity index (χ1n) is 11.0. The van der Waals surface area contributed by atoms with Crippen LogP contribution in [0.25, 0.3) is 0 Å². The maximum absolute atomic E-state index is 13.2. The van der Waals surface area contributed by atoms with Gasteiger partial charge in [-0.1, -0.05) is 94.1 Å². The van der Waals surface area contributed by atoms with Gasteiger partial charge in [0.25, 0.3) is 0 Å². The van der Waals surface area contributed by atoms with Crippen molar-refractivity contribution in [3.05, 3.63) is 40.6 Å². The van der Waals surface area contributed by atoms with Crippen LogP contribution in [-0.2, 0) is 10.0 Å². The molecule has 28 heavy (non-hydrogen) atoms. The van der Waals surface area contributed by atoms with Crippen molar-refractivity contribution < 1.29 is 8.42 Å². The molecule has 1 heterocycles. The molecule has 0 aromatic heterocycles. The highest BCUT2D eigenvalue weighted by molar-refractivity contribution is 7.89. The number of allylic oxidation sites excluding steroid dienone is 1. The zero-order valence-electron chi connectivity index (χ0n) is 18.7. The van der Waals surface area contributed by atoms with Crippen molar-refractivity contribution in [3.8, 4) is 0 Å². The van der Waals surface area contributed by atoms with Crippen LogP contribution >= 0.6 is 0 Å². The Morgan fingerprint density at radius 1 is 1.07 bits per heavy atom. The highest BCUT2D eigenvalue weighted by Crippen LogP contribution is 2.39. The molecule has 2 rings (SSSR count). The second-order valence-electron chi connectivity index (χ2n) is 8.46. The Morgan fingerprint density at radius 2 is 1.64 bits per heavy atom. The first kappa shape index (κ1) is 23.4. The van der Waals surface area contributed by atoms with Gasteiger partial charge in [-0.3, -0.25) is 0 Å². The summed E-state index contributed by atoms with van der Waals surface area (Å²) < 4.78 is 28.2. The smallest absolute Gasteiger partial charge is 0.207 e. The lowest BCUT2D eigenvalue weighted by Gasteiger charge is -2.34. The lowest BCUT2D eigenvalue weighted by molar-refractivity contribution is 0.464. The fourth-order valence-corrected chi connectivity index (χ4v) is 10.8. The highest BCUT2D eigenvalue weighted by Gasteiger charge is 2.40. The van der Waals surface area contributed by atoms with Gasteiger partial charge in [0.2, 0.25) is 10.0 Å². The molecule has 1 atom stereocenters. The summed E-state index contributed by atoms with van der Waals surface area (Å²) in [5.41, 5.74) is 2.53. The van der Waals surface area contributed by atoms with Crippen molar-refractivity contribution in [2.75, 3.05) is 13.1 Å². The molecule has 1 aromatic rings. The number of sulfonamides is 1. The Labute approximate surface area is 174 Å². The van der Waals surface area contributed by atoms with Gasteiger partial charge < -0.3 is 0 Å². The van der Waals surface area contributed by atoms with Crippen molar-refractivity contribution in [2.45, 2.75) is 83.8 Å². The quantitative estimate of drug-likeness (QED) is 0.447. The van der Waals surface area contributed by atoms with E-state index in [1.807, 2.05) is 19.1 Å². The number of rotatable bonds is 9. The van der Waals surface area contributed by atoms with Gasteiger partial charge >= 0.3 is 0 Å². The molecule has 0 aliphatic carbocycles. The standard InChI is InChI=1S/C23H39NO2SSi/c1-7-11-12-23(28(8-2,9-3)10-4)22-18-24(17-20(22)6)27(25,26)21-15-13-19(5)14-16-21/h13-16,20H,7-12,17-18H2,1-6H3/b23-22+. The van der Waals surface area contributed by atoms with E-state index in [-0.39, 0.29) is 0 Å². The van der Waals surface area contributed by atoms with Gasteiger partial charge in [-0.2, -0.15) is 4.31 Å². The van der Waals surface area contributed by atoms with Gasteiger partial charge in [-0.15, -0.1) is 0 Å². The summed E-state index contributed by atoms with van der Waals surface area (Å²) in [6.45, 7) is 14.7. The minimum Gasteiger partial charge on any atom is -0.207 e. The summed E-state index contributed by atoms with van der Waals surface area (Å²) in [5, 5.41) is 1.69. The van der Waals surface area contributed by atoms with Crippen LogP contribution in [-0.4, -0.2) is 33.9 Å². The number of benzene rings is 1. The van der Waals surface area contributed by atoms with E-state index in [0.717, 1.165) is 12.0 Å².